The third-order valence-corrected chi connectivity index (χ3v) is 4.29. The van der Waals surface area contributed by atoms with Gasteiger partial charge in [-0.15, -0.1) is 0 Å². The van der Waals surface area contributed by atoms with Crippen molar-refractivity contribution in [3.63, 3.8) is 0 Å². The van der Waals surface area contributed by atoms with E-state index in [1.54, 1.807) is 24.5 Å². The van der Waals surface area contributed by atoms with Gasteiger partial charge in [0.1, 0.15) is 5.82 Å². The van der Waals surface area contributed by atoms with Gasteiger partial charge in [0.15, 0.2) is 0 Å². The van der Waals surface area contributed by atoms with Crippen LogP contribution < -0.4 is 5.32 Å². The summed E-state index contributed by atoms with van der Waals surface area (Å²) < 4.78 is 1.98. The number of nitrogens with one attached hydrogen (secondary N) is 1. The maximum atomic E-state index is 12.2. The summed E-state index contributed by atoms with van der Waals surface area (Å²) in [5.41, 5.74) is 1.38. The number of amides is 1. The van der Waals surface area contributed by atoms with Crippen molar-refractivity contribution < 1.29 is 9.90 Å². The Morgan fingerprint density at radius 3 is 2.77 bits per heavy atom. The minimum absolute atomic E-state index is 0.0380. The quantitative estimate of drug-likeness (QED) is 0.897. The zero-order valence-electron chi connectivity index (χ0n) is 12.7. The summed E-state index contributed by atoms with van der Waals surface area (Å²) in [6.45, 7) is 3.79. The molecule has 1 amide bonds. The molecule has 1 fully saturated rings. The lowest BCUT2D eigenvalue weighted by atomic mass is 10.1. The summed E-state index contributed by atoms with van der Waals surface area (Å²) in [6, 6.07) is 3.26. The maximum absolute atomic E-state index is 12.2. The van der Waals surface area contributed by atoms with Gasteiger partial charge in [-0.05, 0) is 38.8 Å². The van der Waals surface area contributed by atoms with Crippen LogP contribution >= 0.6 is 0 Å². The van der Waals surface area contributed by atoms with Gasteiger partial charge in [0.2, 0.25) is 0 Å². The molecule has 1 aliphatic rings. The lowest BCUT2D eigenvalue weighted by molar-refractivity contribution is 0.0811. The van der Waals surface area contributed by atoms with Gasteiger partial charge in [0, 0.05) is 24.3 Å². The standard InChI is InChI=1S/C16H20N4O2/c1-10-3-4-12(9-18-10)16(22)19-13-5-6-14(15(13)21)20-8-7-17-11(20)2/h3-4,7-9,13-15,21H,5-6H2,1-2H3,(H,19,22)/t13-,14-,15-/m1/s1. The summed E-state index contributed by atoms with van der Waals surface area (Å²) in [6.07, 6.45) is 6.10. The number of hydrogen-bond acceptors (Lipinski definition) is 4. The molecule has 0 aromatic carbocycles. The Morgan fingerprint density at radius 1 is 1.32 bits per heavy atom. The van der Waals surface area contributed by atoms with E-state index in [0.29, 0.717) is 5.56 Å². The number of rotatable bonds is 3. The van der Waals surface area contributed by atoms with E-state index in [1.807, 2.05) is 24.6 Å². The molecule has 0 saturated heterocycles. The normalized spacial score (nSPS) is 24.4. The minimum atomic E-state index is -0.616. The highest BCUT2D eigenvalue weighted by molar-refractivity contribution is 5.94. The molecule has 22 heavy (non-hydrogen) atoms. The van der Waals surface area contributed by atoms with Crippen molar-refractivity contribution in [2.24, 2.45) is 0 Å². The molecule has 2 aromatic rings. The second-order valence-electron chi connectivity index (χ2n) is 5.79. The zero-order chi connectivity index (χ0) is 15.7. The van der Waals surface area contributed by atoms with Crippen LogP contribution in [0.25, 0.3) is 0 Å². The Labute approximate surface area is 129 Å². The van der Waals surface area contributed by atoms with Gasteiger partial charge >= 0.3 is 0 Å². The number of carbonyl (C=O) groups is 1. The molecule has 2 aromatic heterocycles. The van der Waals surface area contributed by atoms with Crippen molar-refractivity contribution in [3.8, 4) is 0 Å². The average molecular weight is 300 g/mol. The molecule has 3 atom stereocenters. The molecular formula is C16H20N4O2. The monoisotopic (exact) mass is 300 g/mol. The van der Waals surface area contributed by atoms with E-state index < -0.39 is 6.10 Å². The number of aryl methyl sites for hydroxylation is 2. The fraction of sp³-hybridized carbons (Fsp3) is 0.438. The summed E-state index contributed by atoms with van der Waals surface area (Å²) in [5.74, 6) is 0.679. The first kappa shape index (κ1) is 14.7. The summed E-state index contributed by atoms with van der Waals surface area (Å²) in [4.78, 5) is 20.6. The molecule has 6 nitrogen and oxygen atoms in total. The number of imidazole rings is 1. The van der Waals surface area contributed by atoms with E-state index in [4.69, 9.17) is 0 Å². The van der Waals surface area contributed by atoms with Crippen LogP contribution in [0.5, 0.6) is 0 Å². The molecule has 0 aliphatic heterocycles. The van der Waals surface area contributed by atoms with E-state index >= 15 is 0 Å². The Kier molecular flexibility index (Phi) is 3.94. The van der Waals surface area contributed by atoms with Crippen LogP contribution in [0.2, 0.25) is 0 Å². The van der Waals surface area contributed by atoms with Crippen LogP contribution in [0.4, 0.5) is 0 Å². The van der Waals surface area contributed by atoms with Crippen LogP contribution in [-0.4, -0.2) is 37.7 Å². The SMILES string of the molecule is Cc1ccc(C(=O)N[C@@H]2CC[C@@H](n3ccnc3C)[C@@H]2O)cn1. The number of aliphatic hydroxyl groups excluding tert-OH is 1. The fourth-order valence-electron chi connectivity index (χ4n) is 3.01. The van der Waals surface area contributed by atoms with Crippen molar-refractivity contribution >= 4 is 5.91 Å². The molecular weight excluding hydrogens is 280 g/mol. The summed E-state index contributed by atoms with van der Waals surface area (Å²) >= 11 is 0. The first-order valence-corrected chi connectivity index (χ1v) is 7.47. The third-order valence-electron chi connectivity index (χ3n) is 4.29. The molecule has 116 valence electrons. The number of nitrogens with zero attached hydrogens (tertiary/aromatic N) is 3. The number of aromatic nitrogens is 3. The Bertz CT molecular complexity index is 665. The van der Waals surface area contributed by atoms with Crippen LogP contribution in [0, 0.1) is 13.8 Å². The van der Waals surface area contributed by atoms with Crippen LogP contribution in [0.3, 0.4) is 0 Å². The van der Waals surface area contributed by atoms with Crippen molar-refractivity contribution in [1.29, 1.82) is 0 Å². The first-order valence-electron chi connectivity index (χ1n) is 7.47. The van der Waals surface area contributed by atoms with Gasteiger partial charge in [-0.1, -0.05) is 0 Å². The van der Waals surface area contributed by atoms with E-state index in [0.717, 1.165) is 24.4 Å². The molecule has 3 rings (SSSR count). The molecule has 2 N–H and O–H groups in total. The Balaban J connectivity index is 1.68. The first-order chi connectivity index (χ1) is 10.6. The van der Waals surface area contributed by atoms with Crippen molar-refractivity contribution in [2.45, 2.75) is 44.9 Å². The number of hydrogen-bond donors (Lipinski definition) is 2. The molecule has 1 aliphatic carbocycles. The molecule has 0 spiro atoms. The zero-order valence-corrected chi connectivity index (χ0v) is 12.7. The predicted octanol–water partition coefficient (Wildman–Crippen LogP) is 1.39. The smallest absolute Gasteiger partial charge is 0.253 e. The largest absolute Gasteiger partial charge is 0.389 e. The molecule has 0 unspecified atom stereocenters. The lowest BCUT2D eigenvalue weighted by Gasteiger charge is -2.22. The highest BCUT2D eigenvalue weighted by Gasteiger charge is 2.37. The van der Waals surface area contributed by atoms with Gasteiger partial charge < -0.3 is 15.0 Å². The van der Waals surface area contributed by atoms with Crippen molar-refractivity contribution in [1.82, 2.24) is 19.9 Å². The average Bonchev–Trinajstić information content (AvgIpc) is 3.06. The van der Waals surface area contributed by atoms with Crippen LogP contribution in [0.15, 0.2) is 30.7 Å². The maximum Gasteiger partial charge on any atom is 0.253 e. The fourth-order valence-corrected chi connectivity index (χ4v) is 3.01. The molecule has 1 saturated carbocycles. The van der Waals surface area contributed by atoms with E-state index in [-0.39, 0.29) is 18.0 Å². The summed E-state index contributed by atoms with van der Waals surface area (Å²) in [5, 5.41) is 13.4. The van der Waals surface area contributed by atoms with E-state index in [2.05, 4.69) is 15.3 Å². The molecule has 2 heterocycles. The minimum Gasteiger partial charge on any atom is -0.389 e. The van der Waals surface area contributed by atoms with E-state index in [9.17, 15) is 9.90 Å². The van der Waals surface area contributed by atoms with Crippen molar-refractivity contribution in [2.75, 3.05) is 0 Å². The number of carbonyl (C=O) groups excluding carboxylic acids is 1. The summed E-state index contributed by atoms with van der Waals surface area (Å²) in [7, 11) is 0. The van der Waals surface area contributed by atoms with Gasteiger partial charge in [-0.3, -0.25) is 9.78 Å². The molecule has 0 radical (unpaired) electrons. The Hall–Kier alpha value is -2.21. The highest BCUT2D eigenvalue weighted by atomic mass is 16.3. The van der Waals surface area contributed by atoms with Gasteiger partial charge in [0.25, 0.3) is 5.91 Å². The van der Waals surface area contributed by atoms with Gasteiger partial charge in [-0.2, -0.15) is 0 Å². The number of aliphatic hydroxyl groups is 1. The van der Waals surface area contributed by atoms with E-state index in [1.165, 1.54) is 0 Å². The molecule has 0 bridgehead atoms. The predicted molar refractivity (Wildman–Crippen MR) is 81.5 cm³/mol. The Morgan fingerprint density at radius 2 is 2.14 bits per heavy atom. The third kappa shape index (κ3) is 2.74. The van der Waals surface area contributed by atoms with Crippen LogP contribution in [0.1, 0.15) is 40.8 Å². The van der Waals surface area contributed by atoms with Crippen molar-refractivity contribution in [3.05, 3.63) is 47.8 Å². The second kappa shape index (κ2) is 5.88. The van der Waals surface area contributed by atoms with Crippen LogP contribution in [-0.2, 0) is 0 Å². The number of pyridine rings is 1. The van der Waals surface area contributed by atoms with Gasteiger partial charge in [0.05, 0.1) is 23.8 Å². The molecule has 6 heteroatoms. The van der Waals surface area contributed by atoms with Gasteiger partial charge in [-0.25, -0.2) is 4.98 Å². The topological polar surface area (TPSA) is 80.0 Å². The second-order valence-corrected chi connectivity index (χ2v) is 5.79. The lowest BCUT2D eigenvalue weighted by Crippen LogP contribution is -2.42. The highest BCUT2D eigenvalue weighted by Crippen LogP contribution is 2.31.